The molecule has 2 N–H and O–H groups in total. The molecule has 5 aromatic rings. The van der Waals surface area contributed by atoms with Crippen LogP contribution in [0.25, 0.3) is 44.9 Å². The molecule has 0 bridgehead atoms. The summed E-state index contributed by atoms with van der Waals surface area (Å²) in [5, 5.41) is 5.53. The molecule has 0 aliphatic carbocycles. The SMILES string of the molecule is CC(CN)n1cc(-c2ncnc3oc(-c4ccccc4)cc23)c(-c2ccc(F)cc2)n1. The van der Waals surface area contributed by atoms with E-state index in [1.807, 2.05) is 54.2 Å². The summed E-state index contributed by atoms with van der Waals surface area (Å²) >= 11 is 0. The van der Waals surface area contributed by atoms with Gasteiger partial charge in [-0.3, -0.25) is 4.68 Å². The molecule has 31 heavy (non-hydrogen) atoms. The summed E-state index contributed by atoms with van der Waals surface area (Å²) in [7, 11) is 0. The Balaban J connectivity index is 1.71. The van der Waals surface area contributed by atoms with Crippen LogP contribution in [0.5, 0.6) is 0 Å². The van der Waals surface area contributed by atoms with Crippen molar-refractivity contribution in [1.29, 1.82) is 0 Å². The second kappa shape index (κ2) is 7.77. The summed E-state index contributed by atoms with van der Waals surface area (Å²) < 4.78 is 21.3. The fourth-order valence-electron chi connectivity index (χ4n) is 3.53. The van der Waals surface area contributed by atoms with E-state index in [1.165, 1.54) is 18.5 Å². The largest absolute Gasteiger partial charge is 0.438 e. The molecule has 0 fully saturated rings. The van der Waals surface area contributed by atoms with E-state index >= 15 is 0 Å². The fraction of sp³-hybridized carbons (Fsp3) is 0.125. The van der Waals surface area contributed by atoms with E-state index < -0.39 is 0 Å². The molecule has 0 aliphatic heterocycles. The van der Waals surface area contributed by atoms with E-state index in [0.717, 1.165) is 22.1 Å². The van der Waals surface area contributed by atoms with Gasteiger partial charge < -0.3 is 10.2 Å². The summed E-state index contributed by atoms with van der Waals surface area (Å²) in [5.74, 6) is 0.412. The molecule has 0 spiro atoms. The molecule has 2 aromatic carbocycles. The number of hydrogen-bond donors (Lipinski definition) is 1. The summed E-state index contributed by atoms with van der Waals surface area (Å²) in [4.78, 5) is 8.87. The van der Waals surface area contributed by atoms with E-state index in [-0.39, 0.29) is 11.9 Å². The van der Waals surface area contributed by atoms with Crippen LogP contribution in [-0.2, 0) is 0 Å². The maximum Gasteiger partial charge on any atom is 0.230 e. The number of rotatable bonds is 5. The Hall–Kier alpha value is -3.84. The second-order valence-corrected chi connectivity index (χ2v) is 7.38. The summed E-state index contributed by atoms with van der Waals surface area (Å²) in [5.41, 5.74) is 10.3. The van der Waals surface area contributed by atoms with Crippen LogP contribution in [-0.4, -0.2) is 26.3 Å². The Morgan fingerprint density at radius 1 is 1.00 bits per heavy atom. The first kappa shape index (κ1) is 19.1. The normalized spacial score (nSPS) is 12.4. The number of furan rings is 1. The van der Waals surface area contributed by atoms with Gasteiger partial charge in [-0.2, -0.15) is 5.10 Å². The van der Waals surface area contributed by atoms with E-state index in [2.05, 4.69) is 9.97 Å². The smallest absolute Gasteiger partial charge is 0.230 e. The molecular weight excluding hydrogens is 393 g/mol. The lowest BCUT2D eigenvalue weighted by Crippen LogP contribution is -2.16. The molecule has 1 atom stereocenters. The van der Waals surface area contributed by atoms with Crippen molar-refractivity contribution in [2.45, 2.75) is 13.0 Å². The van der Waals surface area contributed by atoms with E-state index in [0.29, 0.717) is 29.4 Å². The van der Waals surface area contributed by atoms with E-state index in [4.69, 9.17) is 15.2 Å². The van der Waals surface area contributed by atoms with Gasteiger partial charge in [-0.1, -0.05) is 30.3 Å². The second-order valence-electron chi connectivity index (χ2n) is 7.38. The number of nitrogens with two attached hydrogens (primary N) is 1. The lowest BCUT2D eigenvalue weighted by Gasteiger charge is -2.07. The van der Waals surface area contributed by atoms with Crippen LogP contribution < -0.4 is 5.73 Å². The van der Waals surface area contributed by atoms with Gasteiger partial charge in [-0.05, 0) is 37.3 Å². The maximum atomic E-state index is 13.5. The standard InChI is InChI=1S/C24H20FN5O/c1-15(12-26)30-13-20(22(29-30)17-7-9-18(25)10-8-17)23-19-11-21(16-5-3-2-4-6-16)31-24(19)28-14-27-23/h2-11,13-15H,12,26H2,1H3. The quantitative estimate of drug-likeness (QED) is 0.434. The molecule has 0 saturated heterocycles. The topological polar surface area (TPSA) is 82.8 Å². The lowest BCUT2D eigenvalue weighted by atomic mass is 10.0. The van der Waals surface area contributed by atoms with Crippen LogP contribution >= 0.6 is 0 Å². The third kappa shape index (κ3) is 3.49. The number of hydrogen-bond acceptors (Lipinski definition) is 5. The highest BCUT2D eigenvalue weighted by atomic mass is 19.1. The molecule has 154 valence electrons. The highest BCUT2D eigenvalue weighted by molar-refractivity contribution is 5.95. The van der Waals surface area contributed by atoms with Gasteiger partial charge in [0.05, 0.1) is 17.1 Å². The summed E-state index contributed by atoms with van der Waals surface area (Å²) in [6.07, 6.45) is 3.40. The first-order valence-electron chi connectivity index (χ1n) is 9.99. The van der Waals surface area contributed by atoms with Crippen LogP contribution in [0.4, 0.5) is 4.39 Å². The van der Waals surface area contributed by atoms with Crippen molar-refractivity contribution in [2.75, 3.05) is 6.54 Å². The Morgan fingerprint density at radius 2 is 1.77 bits per heavy atom. The number of halogens is 1. The highest BCUT2D eigenvalue weighted by Crippen LogP contribution is 2.37. The lowest BCUT2D eigenvalue weighted by molar-refractivity contribution is 0.502. The molecule has 0 amide bonds. The third-order valence-electron chi connectivity index (χ3n) is 5.29. The van der Waals surface area contributed by atoms with Crippen molar-refractivity contribution in [1.82, 2.24) is 19.7 Å². The zero-order valence-electron chi connectivity index (χ0n) is 16.9. The van der Waals surface area contributed by atoms with Crippen molar-refractivity contribution in [2.24, 2.45) is 5.73 Å². The van der Waals surface area contributed by atoms with Crippen molar-refractivity contribution in [3.05, 3.63) is 79.0 Å². The predicted molar refractivity (Wildman–Crippen MR) is 118 cm³/mol. The van der Waals surface area contributed by atoms with Gasteiger partial charge in [0.15, 0.2) is 0 Å². The minimum Gasteiger partial charge on any atom is -0.438 e. The van der Waals surface area contributed by atoms with Crippen LogP contribution in [0.15, 0.2) is 77.6 Å². The Morgan fingerprint density at radius 3 is 2.52 bits per heavy atom. The molecular formula is C24H20FN5O. The molecule has 7 heteroatoms. The Bertz CT molecular complexity index is 1340. The van der Waals surface area contributed by atoms with Crippen molar-refractivity contribution in [3.8, 4) is 33.8 Å². The number of fused-ring (bicyclic) bond motifs is 1. The van der Waals surface area contributed by atoms with Crippen LogP contribution in [0.3, 0.4) is 0 Å². The molecule has 1 unspecified atom stereocenters. The molecule has 0 aliphatic rings. The summed E-state index contributed by atoms with van der Waals surface area (Å²) in [6, 6.07) is 18.0. The molecule has 6 nitrogen and oxygen atoms in total. The van der Waals surface area contributed by atoms with Crippen LogP contribution in [0, 0.1) is 5.82 Å². The molecule has 3 aromatic heterocycles. The average molecular weight is 413 g/mol. The maximum absolute atomic E-state index is 13.5. The monoisotopic (exact) mass is 413 g/mol. The van der Waals surface area contributed by atoms with E-state index in [1.54, 1.807) is 12.1 Å². The van der Waals surface area contributed by atoms with Gasteiger partial charge in [0.2, 0.25) is 5.71 Å². The van der Waals surface area contributed by atoms with Gasteiger partial charge in [0, 0.05) is 29.4 Å². The minimum absolute atomic E-state index is 0.00509. The first-order chi connectivity index (χ1) is 15.1. The molecule has 0 saturated carbocycles. The van der Waals surface area contributed by atoms with Gasteiger partial charge in [0.1, 0.15) is 23.6 Å². The van der Waals surface area contributed by atoms with Crippen molar-refractivity contribution >= 4 is 11.1 Å². The average Bonchev–Trinajstić information content (AvgIpc) is 3.44. The number of benzene rings is 2. The minimum atomic E-state index is -0.299. The van der Waals surface area contributed by atoms with Crippen LogP contribution in [0.2, 0.25) is 0 Å². The number of nitrogens with zero attached hydrogens (tertiary/aromatic N) is 4. The predicted octanol–water partition coefficient (Wildman–Crippen LogP) is 5.08. The van der Waals surface area contributed by atoms with Gasteiger partial charge in [-0.25, -0.2) is 14.4 Å². The third-order valence-corrected chi connectivity index (χ3v) is 5.29. The highest BCUT2D eigenvalue weighted by Gasteiger charge is 2.21. The zero-order chi connectivity index (χ0) is 21.4. The first-order valence-corrected chi connectivity index (χ1v) is 9.99. The van der Waals surface area contributed by atoms with Crippen LogP contribution in [0.1, 0.15) is 13.0 Å². The molecule has 5 rings (SSSR count). The molecule has 3 heterocycles. The van der Waals surface area contributed by atoms with E-state index in [9.17, 15) is 4.39 Å². The fourth-order valence-corrected chi connectivity index (χ4v) is 3.53. The summed E-state index contributed by atoms with van der Waals surface area (Å²) in [6.45, 7) is 2.43. The Labute approximate surface area is 178 Å². The van der Waals surface area contributed by atoms with Gasteiger partial charge >= 0.3 is 0 Å². The van der Waals surface area contributed by atoms with Crippen molar-refractivity contribution < 1.29 is 8.81 Å². The Kier molecular flexibility index (Phi) is 4.80. The molecule has 0 radical (unpaired) electrons. The number of aromatic nitrogens is 4. The van der Waals surface area contributed by atoms with Crippen molar-refractivity contribution in [3.63, 3.8) is 0 Å². The zero-order valence-corrected chi connectivity index (χ0v) is 16.9. The van der Waals surface area contributed by atoms with Gasteiger partial charge in [-0.15, -0.1) is 0 Å². The van der Waals surface area contributed by atoms with Gasteiger partial charge in [0.25, 0.3) is 0 Å².